The normalized spacial score (nSPS) is 18.8. The molecule has 9 heteroatoms. The van der Waals surface area contributed by atoms with E-state index in [4.69, 9.17) is 6.57 Å². The van der Waals surface area contributed by atoms with Gasteiger partial charge in [0.05, 0.1) is 13.0 Å². The van der Waals surface area contributed by atoms with Gasteiger partial charge in [-0.3, -0.25) is 19.4 Å². The van der Waals surface area contributed by atoms with Gasteiger partial charge in [0.2, 0.25) is 11.6 Å². The Balaban J connectivity index is 1.42. The van der Waals surface area contributed by atoms with E-state index in [1.807, 2.05) is 4.90 Å². The maximum Gasteiger partial charge on any atom is 0.303 e. The standard InChI is InChI=1S/C30H35FN4O4/c1-32-27-6-5-21(14-26(27)31)24-13-25(18-34-17-24)23(16-30(38)39)15-28(36)22-3-2-12-35(19-22)29(37)7-4-20-8-10-33-11-9-20/h5-6,13-14,17-18,20,22-23,33H,2-4,7-12,15-16,19H2,(H,38,39)/t22-,23+/m1/s1. The number of carbonyl (C=O) groups excluding carboxylic acids is 2. The average Bonchev–Trinajstić information content (AvgIpc) is 2.96. The largest absolute Gasteiger partial charge is 0.481 e. The fourth-order valence-corrected chi connectivity index (χ4v) is 5.67. The molecular weight excluding hydrogens is 499 g/mol. The summed E-state index contributed by atoms with van der Waals surface area (Å²) in [7, 11) is 0. The highest BCUT2D eigenvalue weighted by atomic mass is 19.1. The summed E-state index contributed by atoms with van der Waals surface area (Å²) in [6.07, 6.45) is 7.89. The van der Waals surface area contributed by atoms with Crippen molar-refractivity contribution >= 4 is 23.3 Å². The fraction of sp³-hybridized carbons (Fsp3) is 0.500. The third-order valence-electron chi connectivity index (χ3n) is 7.96. The molecule has 0 radical (unpaired) electrons. The summed E-state index contributed by atoms with van der Waals surface area (Å²) in [5, 5.41) is 12.9. The Morgan fingerprint density at radius 1 is 1.13 bits per heavy atom. The van der Waals surface area contributed by atoms with Gasteiger partial charge < -0.3 is 15.3 Å². The lowest BCUT2D eigenvalue weighted by atomic mass is 9.84. The Morgan fingerprint density at radius 3 is 2.64 bits per heavy atom. The molecule has 2 aliphatic rings. The number of halogens is 1. The van der Waals surface area contributed by atoms with E-state index in [1.54, 1.807) is 24.5 Å². The van der Waals surface area contributed by atoms with Crippen LogP contribution >= 0.6 is 0 Å². The number of nitrogens with one attached hydrogen (secondary N) is 1. The van der Waals surface area contributed by atoms with Crippen LogP contribution in [0.15, 0.2) is 36.7 Å². The van der Waals surface area contributed by atoms with Crippen LogP contribution in [-0.4, -0.2) is 58.8 Å². The zero-order valence-electron chi connectivity index (χ0n) is 22.1. The monoisotopic (exact) mass is 534 g/mol. The number of hydrogen-bond acceptors (Lipinski definition) is 5. The highest BCUT2D eigenvalue weighted by molar-refractivity contribution is 5.84. The summed E-state index contributed by atoms with van der Waals surface area (Å²) >= 11 is 0. The van der Waals surface area contributed by atoms with Crippen molar-refractivity contribution in [3.05, 3.63) is 59.5 Å². The van der Waals surface area contributed by atoms with Crippen molar-refractivity contribution in [3.8, 4) is 11.1 Å². The number of Topliss-reactive ketones (excluding diaryl/α,β-unsaturated/α-hetero) is 1. The second-order valence-electron chi connectivity index (χ2n) is 10.7. The van der Waals surface area contributed by atoms with E-state index in [1.165, 1.54) is 12.1 Å². The summed E-state index contributed by atoms with van der Waals surface area (Å²) in [6, 6.07) is 6.00. The molecule has 0 bridgehead atoms. The Bertz CT molecular complexity index is 1240. The van der Waals surface area contributed by atoms with Crippen LogP contribution in [0.4, 0.5) is 10.1 Å². The third kappa shape index (κ3) is 7.70. The minimum atomic E-state index is -1.02. The first-order chi connectivity index (χ1) is 18.8. The molecule has 2 saturated heterocycles. The number of carbonyl (C=O) groups is 3. The third-order valence-corrected chi connectivity index (χ3v) is 7.96. The molecule has 2 aromatic rings. The predicted octanol–water partition coefficient (Wildman–Crippen LogP) is 4.97. The van der Waals surface area contributed by atoms with Crippen LogP contribution in [0.1, 0.15) is 62.8 Å². The molecule has 1 aromatic carbocycles. The van der Waals surface area contributed by atoms with Crippen molar-refractivity contribution < 1.29 is 23.9 Å². The summed E-state index contributed by atoms with van der Waals surface area (Å²) in [6.45, 7) is 10.1. The zero-order valence-corrected chi connectivity index (χ0v) is 22.1. The first-order valence-corrected chi connectivity index (χ1v) is 13.7. The number of carboxylic acids is 1. The van der Waals surface area contributed by atoms with Gasteiger partial charge in [-0.15, -0.1) is 0 Å². The van der Waals surface area contributed by atoms with Crippen molar-refractivity contribution in [1.29, 1.82) is 0 Å². The van der Waals surface area contributed by atoms with Gasteiger partial charge in [0, 0.05) is 55.7 Å². The van der Waals surface area contributed by atoms with Crippen LogP contribution in [0.2, 0.25) is 0 Å². The molecule has 0 saturated carbocycles. The lowest BCUT2D eigenvalue weighted by Crippen LogP contribution is -2.42. The SMILES string of the molecule is [C-]#[N+]c1ccc(-c2cncc([C@H](CC(=O)O)CC(=O)[C@@H]3CCCN(C(=O)CCC4CCNCC4)C3)c2)cc1F. The van der Waals surface area contributed by atoms with Crippen LogP contribution in [0, 0.1) is 24.2 Å². The quantitative estimate of drug-likeness (QED) is 0.417. The summed E-state index contributed by atoms with van der Waals surface area (Å²) in [5.74, 6) is -1.96. The summed E-state index contributed by atoms with van der Waals surface area (Å²) in [5.41, 5.74) is 1.60. The van der Waals surface area contributed by atoms with Crippen LogP contribution in [-0.2, 0) is 14.4 Å². The van der Waals surface area contributed by atoms with Crippen molar-refractivity contribution in [2.45, 2.75) is 57.3 Å². The smallest absolute Gasteiger partial charge is 0.303 e. The molecule has 2 fully saturated rings. The maximum absolute atomic E-state index is 14.2. The van der Waals surface area contributed by atoms with Gasteiger partial charge in [0.15, 0.2) is 0 Å². The lowest BCUT2D eigenvalue weighted by molar-refractivity contribution is -0.137. The number of aliphatic carboxylic acids is 1. The topological polar surface area (TPSA) is 104 Å². The molecule has 2 aliphatic heterocycles. The molecule has 206 valence electrons. The minimum absolute atomic E-state index is 0.0320. The second kappa shape index (κ2) is 13.4. The van der Waals surface area contributed by atoms with E-state index in [-0.39, 0.29) is 36.1 Å². The molecule has 1 aromatic heterocycles. The van der Waals surface area contributed by atoms with Gasteiger partial charge in [-0.25, -0.2) is 9.24 Å². The van der Waals surface area contributed by atoms with Gasteiger partial charge in [-0.1, -0.05) is 12.1 Å². The van der Waals surface area contributed by atoms with Crippen molar-refractivity contribution in [3.63, 3.8) is 0 Å². The molecule has 4 rings (SSSR count). The number of aromatic nitrogens is 1. The number of benzene rings is 1. The average molecular weight is 535 g/mol. The van der Waals surface area contributed by atoms with Gasteiger partial charge >= 0.3 is 5.97 Å². The highest BCUT2D eigenvalue weighted by Gasteiger charge is 2.31. The molecule has 0 spiro atoms. The number of likely N-dealkylation sites (tertiary alicyclic amines) is 1. The van der Waals surface area contributed by atoms with Crippen LogP contribution < -0.4 is 5.32 Å². The van der Waals surface area contributed by atoms with Crippen molar-refractivity contribution in [2.75, 3.05) is 26.2 Å². The Labute approximate surface area is 228 Å². The molecule has 39 heavy (non-hydrogen) atoms. The summed E-state index contributed by atoms with van der Waals surface area (Å²) in [4.78, 5) is 47.1. The van der Waals surface area contributed by atoms with Gasteiger partial charge in [0.25, 0.3) is 0 Å². The second-order valence-corrected chi connectivity index (χ2v) is 10.7. The van der Waals surface area contributed by atoms with E-state index < -0.39 is 17.7 Å². The molecule has 0 unspecified atom stereocenters. The van der Waals surface area contributed by atoms with E-state index >= 15 is 0 Å². The van der Waals surface area contributed by atoms with Crippen molar-refractivity contribution in [1.82, 2.24) is 15.2 Å². The number of piperidine rings is 2. The number of rotatable bonds is 10. The van der Waals surface area contributed by atoms with Crippen LogP contribution in [0.25, 0.3) is 16.0 Å². The first-order valence-electron chi connectivity index (χ1n) is 13.7. The van der Waals surface area contributed by atoms with E-state index in [0.717, 1.165) is 38.8 Å². The molecule has 2 atom stereocenters. The minimum Gasteiger partial charge on any atom is -0.481 e. The lowest BCUT2D eigenvalue weighted by Gasteiger charge is -2.33. The zero-order chi connectivity index (χ0) is 27.8. The van der Waals surface area contributed by atoms with Crippen LogP contribution in [0.3, 0.4) is 0 Å². The highest BCUT2D eigenvalue weighted by Crippen LogP contribution is 2.32. The number of ketones is 1. The molecule has 2 N–H and O–H groups in total. The predicted molar refractivity (Wildman–Crippen MR) is 145 cm³/mol. The first kappa shape index (κ1) is 28.4. The Kier molecular flexibility index (Phi) is 9.77. The number of nitrogens with zero attached hydrogens (tertiary/aromatic N) is 3. The molecule has 0 aliphatic carbocycles. The van der Waals surface area contributed by atoms with Crippen molar-refractivity contribution in [2.24, 2.45) is 11.8 Å². The van der Waals surface area contributed by atoms with E-state index in [2.05, 4.69) is 15.1 Å². The summed E-state index contributed by atoms with van der Waals surface area (Å²) < 4.78 is 14.2. The number of hydrogen-bond donors (Lipinski definition) is 2. The molecule has 1 amide bonds. The number of pyridine rings is 1. The molecular formula is C30H35FN4O4. The number of amides is 1. The van der Waals surface area contributed by atoms with Crippen LogP contribution in [0.5, 0.6) is 0 Å². The molecule has 3 heterocycles. The fourth-order valence-electron chi connectivity index (χ4n) is 5.67. The van der Waals surface area contributed by atoms with E-state index in [0.29, 0.717) is 48.5 Å². The van der Waals surface area contributed by atoms with Gasteiger partial charge in [-0.05, 0) is 74.4 Å². The Hall–Kier alpha value is -3.64. The molecule has 8 nitrogen and oxygen atoms in total. The van der Waals surface area contributed by atoms with Gasteiger partial charge in [-0.2, -0.15) is 0 Å². The van der Waals surface area contributed by atoms with E-state index in [9.17, 15) is 23.9 Å². The maximum atomic E-state index is 14.2. The number of carboxylic acid groups (broad SMARTS) is 1. The van der Waals surface area contributed by atoms with Gasteiger partial charge in [0.1, 0.15) is 11.6 Å². The Morgan fingerprint density at radius 2 is 1.92 bits per heavy atom.